The molecule has 2 aromatic carbocycles. The summed E-state index contributed by atoms with van der Waals surface area (Å²) >= 11 is 12.1. The van der Waals surface area contributed by atoms with Gasteiger partial charge in [0.15, 0.2) is 0 Å². The van der Waals surface area contributed by atoms with Gasteiger partial charge in [0.2, 0.25) is 0 Å². The lowest BCUT2D eigenvalue weighted by molar-refractivity contribution is -0.137. The molecule has 5 nitrogen and oxygen atoms in total. The van der Waals surface area contributed by atoms with Crippen LogP contribution in [0.4, 0.5) is 13.2 Å². The van der Waals surface area contributed by atoms with E-state index in [2.05, 4.69) is 5.48 Å². The molecule has 2 atom stereocenters. The number of hydroxylamine groups is 1. The molecule has 0 radical (unpaired) electrons. The Hall–Kier alpha value is -2.13. The van der Waals surface area contributed by atoms with Gasteiger partial charge in [-0.1, -0.05) is 35.3 Å². The summed E-state index contributed by atoms with van der Waals surface area (Å²) in [5.74, 6) is -1.04. The van der Waals surface area contributed by atoms with Crippen molar-refractivity contribution in [1.29, 1.82) is 0 Å². The van der Waals surface area contributed by atoms with Gasteiger partial charge >= 0.3 is 6.18 Å². The Morgan fingerprint density at radius 1 is 1.19 bits per heavy atom. The van der Waals surface area contributed by atoms with E-state index >= 15 is 0 Å². The number of amides is 1. The van der Waals surface area contributed by atoms with Crippen LogP contribution < -0.4 is 5.48 Å². The summed E-state index contributed by atoms with van der Waals surface area (Å²) in [7, 11) is 2.84. The molecule has 168 valence electrons. The van der Waals surface area contributed by atoms with Crippen molar-refractivity contribution in [1.82, 2.24) is 10.4 Å². The number of halogens is 5. The van der Waals surface area contributed by atoms with Crippen LogP contribution in [0.1, 0.15) is 33.8 Å². The molecule has 0 aliphatic heterocycles. The normalized spacial score (nSPS) is 13.5. The summed E-state index contributed by atoms with van der Waals surface area (Å²) in [5, 5.41) is 0.656. The molecule has 0 fully saturated rings. The first-order valence-electron chi connectivity index (χ1n) is 9.18. The van der Waals surface area contributed by atoms with Crippen LogP contribution in [0.5, 0.6) is 0 Å². The number of likely N-dealkylation sites (N-methyl/N-ethyl adjacent to an activating group) is 1. The Kier molecular flexibility index (Phi) is 8.88. The van der Waals surface area contributed by atoms with Crippen LogP contribution >= 0.6 is 23.2 Å². The predicted octanol–water partition coefficient (Wildman–Crippen LogP) is 4.98. The van der Waals surface area contributed by atoms with Crippen LogP contribution in [0.25, 0.3) is 0 Å². The number of alkyl halides is 3. The average molecular weight is 477 g/mol. The van der Waals surface area contributed by atoms with Gasteiger partial charge in [-0.05, 0) is 35.9 Å². The summed E-state index contributed by atoms with van der Waals surface area (Å²) in [6.45, 7) is 0.0433. The Labute approximate surface area is 188 Å². The maximum atomic E-state index is 13.0. The molecule has 0 aromatic heterocycles. The number of hydrogen-bond acceptors (Lipinski definition) is 4. The number of carbonyl (C=O) groups excluding carboxylic acids is 2. The molecule has 0 spiro atoms. The molecule has 0 bridgehead atoms. The van der Waals surface area contributed by atoms with E-state index in [0.29, 0.717) is 15.6 Å². The number of nitrogens with zero attached hydrogens (tertiary/aromatic N) is 1. The van der Waals surface area contributed by atoms with Crippen LogP contribution in [0.15, 0.2) is 42.5 Å². The van der Waals surface area contributed by atoms with E-state index in [-0.39, 0.29) is 18.5 Å². The number of nitrogens with one attached hydrogen (secondary N) is 1. The van der Waals surface area contributed by atoms with Crippen molar-refractivity contribution >= 4 is 35.4 Å². The minimum atomic E-state index is -4.56. The third-order valence-electron chi connectivity index (χ3n) is 4.73. The quantitative estimate of drug-likeness (QED) is 0.409. The maximum Gasteiger partial charge on any atom is 0.416 e. The van der Waals surface area contributed by atoms with E-state index in [4.69, 9.17) is 28.0 Å². The monoisotopic (exact) mass is 476 g/mol. The van der Waals surface area contributed by atoms with Crippen molar-refractivity contribution < 1.29 is 27.6 Å². The molecule has 1 N–H and O–H groups in total. The first-order valence-corrected chi connectivity index (χ1v) is 9.93. The molecule has 0 heterocycles. The lowest BCUT2D eigenvalue weighted by Gasteiger charge is -2.30. The summed E-state index contributed by atoms with van der Waals surface area (Å²) in [5.41, 5.74) is 2.44. The summed E-state index contributed by atoms with van der Waals surface area (Å²) in [6.07, 6.45) is -3.74. The van der Waals surface area contributed by atoms with Gasteiger partial charge in [-0.15, -0.1) is 0 Å². The highest BCUT2D eigenvalue weighted by atomic mass is 35.5. The number of benzene rings is 2. The number of hydrogen-bond donors (Lipinski definition) is 1. The van der Waals surface area contributed by atoms with Gasteiger partial charge in [0.05, 0.1) is 28.8 Å². The zero-order valence-electron chi connectivity index (χ0n) is 16.7. The van der Waals surface area contributed by atoms with Crippen LogP contribution in [0.3, 0.4) is 0 Å². The van der Waals surface area contributed by atoms with Crippen LogP contribution in [0.2, 0.25) is 10.0 Å². The second-order valence-electron chi connectivity index (χ2n) is 6.88. The maximum absolute atomic E-state index is 13.0. The van der Waals surface area contributed by atoms with Crippen molar-refractivity contribution in [2.24, 2.45) is 0 Å². The largest absolute Gasteiger partial charge is 0.416 e. The fourth-order valence-electron chi connectivity index (χ4n) is 3.20. The zero-order chi connectivity index (χ0) is 23.2. The highest BCUT2D eigenvalue weighted by Gasteiger charge is 2.32. The highest BCUT2D eigenvalue weighted by Crippen LogP contribution is 2.31. The molecule has 2 rings (SSSR count). The molecular formula is C21H21Cl2F3N2O3. The molecule has 0 aliphatic rings. The van der Waals surface area contributed by atoms with E-state index in [9.17, 15) is 22.8 Å². The van der Waals surface area contributed by atoms with Crippen molar-refractivity contribution in [2.75, 3.05) is 20.7 Å². The molecule has 10 heteroatoms. The summed E-state index contributed by atoms with van der Waals surface area (Å²) < 4.78 is 38.9. The first-order chi connectivity index (χ1) is 14.6. The molecule has 1 amide bonds. The topological polar surface area (TPSA) is 58.6 Å². The highest BCUT2D eigenvalue weighted by molar-refractivity contribution is 6.42. The van der Waals surface area contributed by atoms with Gasteiger partial charge in [0, 0.05) is 31.5 Å². The van der Waals surface area contributed by atoms with Gasteiger partial charge < -0.3 is 14.5 Å². The number of aldehydes is 1. The predicted molar refractivity (Wildman–Crippen MR) is 112 cm³/mol. The summed E-state index contributed by atoms with van der Waals surface area (Å²) in [4.78, 5) is 30.4. The van der Waals surface area contributed by atoms with Gasteiger partial charge in [0.1, 0.15) is 6.29 Å². The fraction of sp³-hybridized carbons (Fsp3) is 0.333. The second-order valence-corrected chi connectivity index (χ2v) is 7.69. The van der Waals surface area contributed by atoms with Crippen molar-refractivity contribution in [2.45, 2.75) is 24.6 Å². The second kappa shape index (κ2) is 10.9. The van der Waals surface area contributed by atoms with Gasteiger partial charge in [0.25, 0.3) is 5.91 Å². The minimum absolute atomic E-state index is 0.0433. The van der Waals surface area contributed by atoms with Gasteiger partial charge in [-0.2, -0.15) is 18.7 Å². The van der Waals surface area contributed by atoms with Gasteiger partial charge in [-0.25, -0.2) is 0 Å². The third-order valence-corrected chi connectivity index (χ3v) is 5.47. The van der Waals surface area contributed by atoms with E-state index < -0.39 is 29.6 Å². The van der Waals surface area contributed by atoms with Gasteiger partial charge in [-0.3, -0.25) is 4.79 Å². The lowest BCUT2D eigenvalue weighted by atomic mass is 9.89. The Balaban J connectivity index is 2.28. The fourth-order valence-corrected chi connectivity index (χ4v) is 3.51. The Bertz CT molecular complexity index is 925. The van der Waals surface area contributed by atoms with E-state index in [1.165, 1.54) is 31.2 Å². The number of carbonyl (C=O) groups is 2. The van der Waals surface area contributed by atoms with E-state index in [1.54, 1.807) is 18.2 Å². The van der Waals surface area contributed by atoms with E-state index in [0.717, 1.165) is 18.4 Å². The van der Waals surface area contributed by atoms with Crippen LogP contribution in [0, 0.1) is 0 Å². The van der Waals surface area contributed by atoms with E-state index in [1.807, 2.05) is 0 Å². The molecule has 2 unspecified atom stereocenters. The minimum Gasteiger partial charge on any atom is -0.340 e. The Morgan fingerprint density at radius 2 is 1.90 bits per heavy atom. The Morgan fingerprint density at radius 3 is 2.48 bits per heavy atom. The van der Waals surface area contributed by atoms with Crippen LogP contribution in [-0.2, 0) is 15.8 Å². The van der Waals surface area contributed by atoms with Crippen molar-refractivity contribution in [3.8, 4) is 0 Å². The third kappa shape index (κ3) is 6.67. The number of rotatable bonds is 9. The standard InChI is InChI=1S/C21H21Cl2F3N2O3/c1-28(20(30)14-4-3-5-15(10-14)21(24,25)26)12-19(27-31-2)16(8-9-29)13-6-7-17(22)18(23)11-13/h3-7,9-11,16,19,27H,8,12H2,1-2H3. The van der Waals surface area contributed by atoms with Crippen molar-refractivity contribution in [3.05, 3.63) is 69.2 Å². The zero-order valence-corrected chi connectivity index (χ0v) is 18.3. The smallest absolute Gasteiger partial charge is 0.340 e. The molecule has 31 heavy (non-hydrogen) atoms. The SMILES string of the molecule is CONC(CN(C)C(=O)c1cccc(C(F)(F)F)c1)C(CC=O)c1ccc(Cl)c(Cl)c1. The molecule has 2 aromatic rings. The van der Waals surface area contributed by atoms with Crippen molar-refractivity contribution in [3.63, 3.8) is 0 Å². The molecule has 0 saturated heterocycles. The molecular weight excluding hydrogens is 456 g/mol. The summed E-state index contributed by atoms with van der Waals surface area (Å²) in [6, 6.07) is 8.56. The lowest BCUT2D eigenvalue weighted by Crippen LogP contribution is -2.45. The molecule has 0 aliphatic carbocycles. The van der Waals surface area contributed by atoms with Crippen LogP contribution in [-0.4, -0.2) is 43.8 Å². The average Bonchev–Trinajstić information content (AvgIpc) is 2.72. The first kappa shape index (κ1) is 25.1. The molecule has 0 saturated carbocycles.